The summed E-state index contributed by atoms with van der Waals surface area (Å²) in [6, 6.07) is 7.52. The fraction of sp³-hybridized carbons (Fsp3) is 0.500. The summed E-state index contributed by atoms with van der Waals surface area (Å²) in [6.07, 6.45) is -0.111. The second-order valence-electron chi connectivity index (χ2n) is 6.40. The van der Waals surface area contributed by atoms with Crippen LogP contribution in [0, 0.1) is 5.92 Å². The highest BCUT2D eigenvalue weighted by Gasteiger charge is 2.38. The highest BCUT2D eigenvalue weighted by Crippen LogP contribution is 2.28. The van der Waals surface area contributed by atoms with Gasteiger partial charge in [-0.05, 0) is 25.1 Å². The van der Waals surface area contributed by atoms with Crippen LogP contribution in [0.2, 0.25) is 0 Å². The molecule has 26 heavy (non-hydrogen) atoms. The molecule has 1 aromatic rings. The second kappa shape index (κ2) is 8.07. The van der Waals surface area contributed by atoms with Crippen molar-refractivity contribution < 1.29 is 19.1 Å². The molecule has 0 radical (unpaired) electrons. The van der Waals surface area contributed by atoms with Crippen molar-refractivity contribution in [3.63, 3.8) is 0 Å². The van der Waals surface area contributed by atoms with E-state index in [2.05, 4.69) is 15.9 Å². The molecule has 8 heteroatoms. The number of amides is 3. The van der Waals surface area contributed by atoms with Crippen LogP contribution < -0.4 is 4.90 Å². The van der Waals surface area contributed by atoms with Crippen molar-refractivity contribution in [1.82, 2.24) is 9.80 Å². The van der Waals surface area contributed by atoms with E-state index in [0.717, 1.165) is 10.2 Å². The van der Waals surface area contributed by atoms with E-state index in [1.807, 2.05) is 24.3 Å². The molecule has 0 spiro atoms. The van der Waals surface area contributed by atoms with Gasteiger partial charge in [-0.15, -0.1) is 0 Å². The van der Waals surface area contributed by atoms with Crippen molar-refractivity contribution >= 4 is 39.5 Å². The Labute approximate surface area is 161 Å². The van der Waals surface area contributed by atoms with Gasteiger partial charge in [0.1, 0.15) is 0 Å². The lowest BCUT2D eigenvalue weighted by molar-refractivity contribution is -0.137. The van der Waals surface area contributed by atoms with Crippen LogP contribution in [-0.4, -0.2) is 67.0 Å². The molecule has 0 N–H and O–H groups in total. The number of carbonyl (C=O) groups excluding carboxylic acids is 3. The van der Waals surface area contributed by atoms with Gasteiger partial charge in [0.25, 0.3) is 0 Å². The van der Waals surface area contributed by atoms with Crippen molar-refractivity contribution in [2.75, 3.05) is 44.2 Å². The Balaban J connectivity index is 1.58. The van der Waals surface area contributed by atoms with Crippen molar-refractivity contribution in [3.05, 3.63) is 28.7 Å². The summed E-state index contributed by atoms with van der Waals surface area (Å²) in [6.45, 7) is 4.37. The summed E-state index contributed by atoms with van der Waals surface area (Å²) < 4.78 is 5.89. The minimum atomic E-state index is -0.337. The molecule has 0 aromatic heterocycles. The number of rotatable bonds is 3. The maximum absolute atomic E-state index is 12.8. The van der Waals surface area contributed by atoms with Gasteiger partial charge in [0.2, 0.25) is 11.8 Å². The number of benzene rings is 1. The predicted octanol–water partition coefficient (Wildman–Crippen LogP) is 2.10. The first-order valence-corrected chi connectivity index (χ1v) is 9.55. The Hall–Kier alpha value is -2.09. The molecule has 2 aliphatic heterocycles. The van der Waals surface area contributed by atoms with Gasteiger partial charge in [-0.1, -0.05) is 22.0 Å². The number of piperazine rings is 1. The molecule has 1 aromatic carbocycles. The average molecular weight is 424 g/mol. The molecular formula is C18H22BrN3O4. The Morgan fingerprint density at radius 1 is 1.19 bits per heavy atom. The Morgan fingerprint density at radius 3 is 2.54 bits per heavy atom. The molecule has 7 nitrogen and oxygen atoms in total. The van der Waals surface area contributed by atoms with Gasteiger partial charge in [-0.2, -0.15) is 0 Å². The van der Waals surface area contributed by atoms with Gasteiger partial charge >= 0.3 is 6.09 Å². The van der Waals surface area contributed by atoms with Gasteiger partial charge < -0.3 is 19.4 Å². The molecule has 0 saturated carbocycles. The maximum atomic E-state index is 12.8. The number of ether oxygens (including phenoxy) is 1. The smallest absolute Gasteiger partial charge is 0.409 e. The van der Waals surface area contributed by atoms with E-state index in [1.165, 1.54) is 0 Å². The first-order valence-electron chi connectivity index (χ1n) is 8.76. The number of carbonyl (C=O) groups is 3. The minimum Gasteiger partial charge on any atom is -0.450 e. The van der Waals surface area contributed by atoms with Gasteiger partial charge in [-0.25, -0.2) is 4.79 Å². The van der Waals surface area contributed by atoms with Crippen molar-refractivity contribution in [1.29, 1.82) is 0 Å². The first kappa shape index (κ1) is 18.7. The van der Waals surface area contributed by atoms with E-state index in [-0.39, 0.29) is 30.2 Å². The van der Waals surface area contributed by atoms with Crippen molar-refractivity contribution in [2.45, 2.75) is 13.3 Å². The van der Waals surface area contributed by atoms with Gasteiger partial charge in [0.05, 0.1) is 12.5 Å². The van der Waals surface area contributed by atoms with Crippen LogP contribution >= 0.6 is 15.9 Å². The molecule has 2 saturated heterocycles. The van der Waals surface area contributed by atoms with Crippen LogP contribution in [0.3, 0.4) is 0 Å². The van der Waals surface area contributed by atoms with E-state index >= 15 is 0 Å². The lowest BCUT2D eigenvalue weighted by atomic mass is 10.1. The number of hydrogen-bond donors (Lipinski definition) is 0. The fourth-order valence-corrected chi connectivity index (χ4v) is 3.74. The minimum absolute atomic E-state index is 0.0145. The van der Waals surface area contributed by atoms with Gasteiger partial charge in [0.15, 0.2) is 0 Å². The van der Waals surface area contributed by atoms with E-state index in [0.29, 0.717) is 39.3 Å². The number of anilines is 1. The third-order valence-electron chi connectivity index (χ3n) is 4.71. The Bertz CT molecular complexity index is 703. The van der Waals surface area contributed by atoms with Crippen molar-refractivity contribution in [3.8, 4) is 0 Å². The Kier molecular flexibility index (Phi) is 5.80. The van der Waals surface area contributed by atoms with E-state index in [9.17, 15) is 14.4 Å². The molecule has 140 valence electrons. The molecule has 0 aliphatic carbocycles. The van der Waals surface area contributed by atoms with Crippen LogP contribution in [0.5, 0.6) is 0 Å². The zero-order valence-corrected chi connectivity index (χ0v) is 16.3. The molecule has 0 bridgehead atoms. The largest absolute Gasteiger partial charge is 0.450 e. The quantitative estimate of drug-likeness (QED) is 0.746. The maximum Gasteiger partial charge on any atom is 0.409 e. The lowest BCUT2D eigenvalue weighted by Crippen LogP contribution is -2.52. The summed E-state index contributed by atoms with van der Waals surface area (Å²) >= 11 is 3.41. The molecule has 1 atom stereocenters. The molecule has 2 aliphatic rings. The normalized spacial score (nSPS) is 20.5. The lowest BCUT2D eigenvalue weighted by Gasteiger charge is -2.35. The monoisotopic (exact) mass is 423 g/mol. The molecule has 3 rings (SSSR count). The van der Waals surface area contributed by atoms with E-state index in [4.69, 9.17) is 4.74 Å². The average Bonchev–Trinajstić information content (AvgIpc) is 3.03. The Morgan fingerprint density at radius 2 is 1.88 bits per heavy atom. The summed E-state index contributed by atoms with van der Waals surface area (Å²) in [5.41, 5.74) is 0.798. The summed E-state index contributed by atoms with van der Waals surface area (Å²) in [5, 5.41) is 0. The first-order chi connectivity index (χ1) is 12.5. The predicted molar refractivity (Wildman–Crippen MR) is 99.8 cm³/mol. The van der Waals surface area contributed by atoms with Gasteiger partial charge in [0, 0.05) is 49.3 Å². The van der Waals surface area contributed by atoms with E-state index in [1.54, 1.807) is 21.6 Å². The molecule has 2 heterocycles. The highest BCUT2D eigenvalue weighted by atomic mass is 79.9. The zero-order chi connectivity index (χ0) is 18.7. The summed E-state index contributed by atoms with van der Waals surface area (Å²) in [4.78, 5) is 41.9. The molecule has 1 unspecified atom stereocenters. The standard InChI is InChI=1S/C18H22BrN3O4/c1-2-26-18(25)21-8-6-20(7-9-21)17(24)13-10-16(23)22(12-13)15-5-3-4-14(19)11-15/h3-5,11,13H,2,6-10,12H2,1H3. The molecule has 3 amide bonds. The SMILES string of the molecule is CCOC(=O)N1CCN(C(=O)C2CC(=O)N(c3cccc(Br)c3)C2)CC1. The third kappa shape index (κ3) is 4.00. The summed E-state index contributed by atoms with van der Waals surface area (Å²) in [5.74, 6) is -0.387. The highest BCUT2D eigenvalue weighted by molar-refractivity contribution is 9.10. The van der Waals surface area contributed by atoms with E-state index < -0.39 is 0 Å². The third-order valence-corrected chi connectivity index (χ3v) is 5.20. The number of halogens is 1. The van der Waals surface area contributed by atoms with Crippen LogP contribution in [0.25, 0.3) is 0 Å². The van der Waals surface area contributed by atoms with Crippen molar-refractivity contribution in [2.24, 2.45) is 5.92 Å². The van der Waals surface area contributed by atoms with Crippen LogP contribution in [0.15, 0.2) is 28.7 Å². The fourth-order valence-electron chi connectivity index (χ4n) is 3.35. The molecule has 2 fully saturated rings. The topological polar surface area (TPSA) is 70.2 Å². The molecular weight excluding hydrogens is 402 g/mol. The van der Waals surface area contributed by atoms with Crippen LogP contribution in [0.4, 0.5) is 10.5 Å². The second-order valence-corrected chi connectivity index (χ2v) is 7.31. The van der Waals surface area contributed by atoms with Crippen LogP contribution in [0.1, 0.15) is 13.3 Å². The zero-order valence-electron chi connectivity index (χ0n) is 14.7. The van der Waals surface area contributed by atoms with Gasteiger partial charge in [-0.3, -0.25) is 9.59 Å². The number of hydrogen-bond acceptors (Lipinski definition) is 4. The number of nitrogens with zero attached hydrogens (tertiary/aromatic N) is 3. The van der Waals surface area contributed by atoms with Crippen LogP contribution in [-0.2, 0) is 14.3 Å². The summed E-state index contributed by atoms with van der Waals surface area (Å²) in [7, 11) is 0.